The van der Waals surface area contributed by atoms with E-state index in [0.717, 1.165) is 25.1 Å². The van der Waals surface area contributed by atoms with E-state index in [-0.39, 0.29) is 0 Å². The molecule has 0 saturated heterocycles. The molecule has 1 heterocycles. The number of hydrogen-bond acceptors (Lipinski definition) is 1. The Morgan fingerprint density at radius 2 is 1.95 bits per heavy atom. The van der Waals surface area contributed by atoms with E-state index < -0.39 is 5.97 Å². The lowest BCUT2D eigenvalue weighted by atomic mass is 10.1. The molecule has 0 aliphatic heterocycles. The van der Waals surface area contributed by atoms with Gasteiger partial charge in [-0.2, -0.15) is 0 Å². The van der Waals surface area contributed by atoms with Gasteiger partial charge in [0.1, 0.15) is 18.9 Å². The summed E-state index contributed by atoms with van der Waals surface area (Å²) >= 11 is 0. The molecule has 0 atom stereocenters. The molecule has 2 aromatic rings. The average Bonchev–Trinajstić information content (AvgIpc) is 2.81. The number of hydrogen-bond donors (Lipinski definition) is 1. The number of aromatic nitrogens is 2. The highest BCUT2D eigenvalue weighted by atomic mass is 16.4. The Kier molecular flexibility index (Phi) is 4.00. The van der Waals surface area contributed by atoms with Crippen LogP contribution in [-0.4, -0.2) is 15.6 Å². The van der Waals surface area contributed by atoms with Crippen LogP contribution in [0, 0.1) is 0 Å². The van der Waals surface area contributed by atoms with Crippen molar-refractivity contribution in [3.05, 3.63) is 53.6 Å². The monoisotopic (exact) mass is 259 g/mol. The smallest absolute Gasteiger partial charge is 0.335 e. The van der Waals surface area contributed by atoms with Gasteiger partial charge in [0.25, 0.3) is 5.82 Å². The molecular formula is C15H19N2O2+. The van der Waals surface area contributed by atoms with Crippen LogP contribution in [0.5, 0.6) is 0 Å². The lowest BCUT2D eigenvalue weighted by molar-refractivity contribution is -0.695. The topological polar surface area (TPSA) is 46.1 Å². The van der Waals surface area contributed by atoms with E-state index in [1.54, 1.807) is 12.1 Å². The summed E-state index contributed by atoms with van der Waals surface area (Å²) in [7, 11) is 0. The third kappa shape index (κ3) is 2.84. The molecule has 0 spiro atoms. The maximum atomic E-state index is 10.8. The highest BCUT2D eigenvalue weighted by Crippen LogP contribution is 2.05. The van der Waals surface area contributed by atoms with Crippen LogP contribution < -0.4 is 4.57 Å². The Bertz CT molecular complexity index is 570. The largest absolute Gasteiger partial charge is 0.478 e. The van der Waals surface area contributed by atoms with Crippen LogP contribution in [0.2, 0.25) is 0 Å². The van der Waals surface area contributed by atoms with E-state index in [1.807, 2.05) is 12.1 Å². The number of imidazole rings is 1. The van der Waals surface area contributed by atoms with Crippen molar-refractivity contribution in [2.24, 2.45) is 0 Å². The molecule has 0 amide bonds. The van der Waals surface area contributed by atoms with Gasteiger partial charge in [0.15, 0.2) is 0 Å². The SMILES string of the molecule is CCc1n(CC)cc[n+]1Cc1ccc(C(=O)O)cc1. The maximum absolute atomic E-state index is 10.8. The quantitative estimate of drug-likeness (QED) is 0.836. The van der Waals surface area contributed by atoms with Crippen molar-refractivity contribution in [2.75, 3.05) is 0 Å². The zero-order valence-corrected chi connectivity index (χ0v) is 11.3. The number of carbonyl (C=O) groups is 1. The minimum absolute atomic E-state index is 0.329. The van der Waals surface area contributed by atoms with Crippen molar-refractivity contribution in [3.8, 4) is 0 Å². The van der Waals surface area contributed by atoms with Crippen molar-refractivity contribution in [2.45, 2.75) is 33.4 Å². The standard InChI is InChI=1S/C15H18N2O2/c1-3-14-16(4-2)9-10-17(14)11-12-5-7-13(8-6-12)15(18)19/h5-10H,3-4,11H2,1-2H3/p+1. The first-order valence-corrected chi connectivity index (χ1v) is 6.55. The molecule has 100 valence electrons. The predicted octanol–water partition coefficient (Wildman–Crippen LogP) is 2.10. The van der Waals surface area contributed by atoms with Gasteiger partial charge in [0.05, 0.1) is 12.1 Å². The summed E-state index contributed by atoms with van der Waals surface area (Å²) in [5.41, 5.74) is 1.44. The third-order valence-electron chi connectivity index (χ3n) is 3.30. The summed E-state index contributed by atoms with van der Waals surface area (Å²) in [6, 6.07) is 7.06. The molecule has 0 saturated carbocycles. The Morgan fingerprint density at radius 1 is 1.26 bits per heavy atom. The first-order valence-electron chi connectivity index (χ1n) is 6.55. The first-order chi connectivity index (χ1) is 9.15. The van der Waals surface area contributed by atoms with E-state index in [4.69, 9.17) is 5.11 Å². The van der Waals surface area contributed by atoms with E-state index in [2.05, 4.69) is 35.4 Å². The summed E-state index contributed by atoms with van der Waals surface area (Å²) in [4.78, 5) is 10.8. The molecule has 0 aliphatic carbocycles. The third-order valence-corrected chi connectivity index (χ3v) is 3.30. The lowest BCUT2D eigenvalue weighted by Crippen LogP contribution is -2.37. The second-order valence-corrected chi connectivity index (χ2v) is 4.48. The van der Waals surface area contributed by atoms with Crippen LogP contribution in [0.1, 0.15) is 35.6 Å². The number of benzene rings is 1. The van der Waals surface area contributed by atoms with Crippen molar-refractivity contribution >= 4 is 5.97 Å². The highest BCUT2D eigenvalue weighted by molar-refractivity contribution is 5.87. The molecule has 4 nitrogen and oxygen atoms in total. The fourth-order valence-electron chi connectivity index (χ4n) is 2.29. The number of aryl methyl sites for hydroxylation is 1. The van der Waals surface area contributed by atoms with Crippen molar-refractivity contribution in [3.63, 3.8) is 0 Å². The molecule has 1 N–H and O–H groups in total. The molecule has 2 rings (SSSR count). The molecule has 1 aromatic carbocycles. The predicted molar refractivity (Wildman–Crippen MR) is 72.2 cm³/mol. The van der Waals surface area contributed by atoms with Gasteiger partial charge in [0, 0.05) is 6.42 Å². The first kappa shape index (κ1) is 13.3. The highest BCUT2D eigenvalue weighted by Gasteiger charge is 2.14. The molecule has 4 heteroatoms. The van der Waals surface area contributed by atoms with Crippen molar-refractivity contribution < 1.29 is 14.5 Å². The number of carboxylic acid groups (broad SMARTS) is 1. The van der Waals surface area contributed by atoms with Crippen LogP contribution in [0.3, 0.4) is 0 Å². The zero-order chi connectivity index (χ0) is 13.8. The summed E-state index contributed by atoms with van der Waals surface area (Å²) in [5.74, 6) is 0.399. The van der Waals surface area contributed by atoms with Gasteiger partial charge >= 0.3 is 5.97 Å². The molecule has 19 heavy (non-hydrogen) atoms. The lowest BCUT2D eigenvalue weighted by Gasteiger charge is -2.03. The van der Waals surface area contributed by atoms with Crippen LogP contribution in [0.25, 0.3) is 0 Å². The molecule has 0 bridgehead atoms. The number of rotatable bonds is 5. The van der Waals surface area contributed by atoms with E-state index in [0.29, 0.717) is 5.56 Å². The second kappa shape index (κ2) is 5.69. The van der Waals surface area contributed by atoms with E-state index in [9.17, 15) is 4.79 Å². The molecule has 0 fully saturated rings. The van der Waals surface area contributed by atoms with Gasteiger partial charge in [-0.25, -0.2) is 13.9 Å². The normalized spacial score (nSPS) is 10.6. The van der Waals surface area contributed by atoms with Gasteiger partial charge in [-0.3, -0.25) is 0 Å². The summed E-state index contributed by atoms with van der Waals surface area (Å²) in [6.07, 6.45) is 5.14. The fourth-order valence-corrected chi connectivity index (χ4v) is 2.29. The van der Waals surface area contributed by atoms with Gasteiger partial charge in [-0.15, -0.1) is 0 Å². The summed E-state index contributed by atoms with van der Waals surface area (Å²) < 4.78 is 4.44. The molecular weight excluding hydrogens is 240 g/mol. The molecule has 1 aromatic heterocycles. The van der Waals surface area contributed by atoms with Crippen molar-refractivity contribution in [1.29, 1.82) is 0 Å². The van der Waals surface area contributed by atoms with Gasteiger partial charge in [0.2, 0.25) is 0 Å². The minimum atomic E-state index is -0.884. The van der Waals surface area contributed by atoms with E-state index >= 15 is 0 Å². The number of carboxylic acids is 1. The molecule has 0 aliphatic rings. The molecule has 0 unspecified atom stereocenters. The fraction of sp³-hybridized carbons (Fsp3) is 0.333. The number of aromatic carboxylic acids is 1. The number of nitrogens with zero attached hydrogens (tertiary/aromatic N) is 2. The summed E-state index contributed by atoms with van der Waals surface area (Å²) in [5, 5.41) is 8.87. The Hall–Kier alpha value is -2.10. The van der Waals surface area contributed by atoms with Crippen LogP contribution in [0.4, 0.5) is 0 Å². The van der Waals surface area contributed by atoms with Crippen molar-refractivity contribution in [1.82, 2.24) is 4.57 Å². The van der Waals surface area contributed by atoms with Gasteiger partial charge < -0.3 is 5.11 Å². The summed E-state index contributed by atoms with van der Waals surface area (Å²) in [6.45, 7) is 6.01. The maximum Gasteiger partial charge on any atom is 0.335 e. The van der Waals surface area contributed by atoms with E-state index in [1.165, 1.54) is 5.82 Å². The zero-order valence-electron chi connectivity index (χ0n) is 11.3. The Labute approximate surface area is 112 Å². The second-order valence-electron chi connectivity index (χ2n) is 4.48. The Balaban J connectivity index is 2.21. The van der Waals surface area contributed by atoms with Crippen LogP contribution in [-0.2, 0) is 19.5 Å². The minimum Gasteiger partial charge on any atom is -0.478 e. The Morgan fingerprint density at radius 3 is 2.47 bits per heavy atom. The average molecular weight is 259 g/mol. The van der Waals surface area contributed by atoms with Crippen LogP contribution >= 0.6 is 0 Å². The van der Waals surface area contributed by atoms with Gasteiger partial charge in [-0.05, 0) is 24.6 Å². The van der Waals surface area contributed by atoms with Gasteiger partial charge in [-0.1, -0.05) is 19.1 Å². The van der Waals surface area contributed by atoms with Crippen LogP contribution in [0.15, 0.2) is 36.7 Å². The molecule has 0 radical (unpaired) electrons.